The first-order valence-electron chi connectivity index (χ1n) is 6.47. The van der Waals surface area contributed by atoms with E-state index in [2.05, 4.69) is 66.9 Å². The summed E-state index contributed by atoms with van der Waals surface area (Å²) in [6, 6.07) is 12.9. The van der Waals surface area contributed by atoms with Crippen LogP contribution in [0, 0.1) is 6.92 Å². The summed E-state index contributed by atoms with van der Waals surface area (Å²) in [6.45, 7) is 2.18. The molecule has 1 N–H and O–H groups in total. The molecule has 0 radical (unpaired) electrons. The first-order chi connectivity index (χ1) is 8.84. The third-order valence-electron chi connectivity index (χ3n) is 3.47. The Bertz CT molecular complexity index is 635. The summed E-state index contributed by atoms with van der Waals surface area (Å²) < 4.78 is 0. The highest BCUT2D eigenvalue weighted by Gasteiger charge is 2.04. The molecule has 0 amide bonds. The third kappa shape index (κ3) is 2.04. The molecule has 0 aromatic heterocycles. The van der Waals surface area contributed by atoms with Crippen molar-refractivity contribution in [2.24, 2.45) is 0 Å². The second kappa shape index (κ2) is 4.69. The van der Waals surface area contributed by atoms with Gasteiger partial charge in [0.15, 0.2) is 0 Å². The summed E-state index contributed by atoms with van der Waals surface area (Å²) in [6.07, 6.45) is 8.93. The van der Waals surface area contributed by atoms with E-state index in [0.717, 1.165) is 12.8 Å². The van der Waals surface area contributed by atoms with E-state index in [1.165, 1.54) is 27.7 Å². The van der Waals surface area contributed by atoms with Gasteiger partial charge in [0.25, 0.3) is 0 Å². The Hall–Kier alpha value is -2.02. The van der Waals surface area contributed by atoms with Gasteiger partial charge >= 0.3 is 0 Å². The molecule has 0 saturated heterocycles. The van der Waals surface area contributed by atoms with Gasteiger partial charge in [0.1, 0.15) is 0 Å². The number of fused-ring (bicyclic) bond motifs is 1. The largest absolute Gasteiger partial charge is 0.356 e. The number of hydrogen-bond acceptors (Lipinski definition) is 1. The molecule has 2 aromatic carbocycles. The molecule has 0 bridgehead atoms. The summed E-state index contributed by atoms with van der Waals surface area (Å²) in [7, 11) is 0. The monoisotopic (exact) mass is 235 g/mol. The van der Waals surface area contributed by atoms with Crippen LogP contribution in [-0.2, 0) is 0 Å². The number of nitrogens with one attached hydrogen (secondary N) is 1. The molecule has 2 aromatic rings. The minimum atomic E-state index is 1.13. The number of rotatable bonds is 2. The molecule has 3 rings (SSSR count). The average molecular weight is 235 g/mol. The van der Waals surface area contributed by atoms with E-state index in [0.29, 0.717) is 0 Å². The van der Waals surface area contributed by atoms with Crippen molar-refractivity contribution in [1.82, 2.24) is 0 Å². The van der Waals surface area contributed by atoms with E-state index in [1.807, 2.05) is 0 Å². The number of anilines is 1. The molecule has 0 unspecified atom stereocenters. The Morgan fingerprint density at radius 1 is 1.00 bits per heavy atom. The maximum absolute atomic E-state index is 3.52. The molecule has 1 aliphatic rings. The molecule has 90 valence electrons. The molecule has 18 heavy (non-hydrogen) atoms. The van der Waals surface area contributed by atoms with E-state index in [1.54, 1.807) is 0 Å². The summed E-state index contributed by atoms with van der Waals surface area (Å²) in [4.78, 5) is 0. The van der Waals surface area contributed by atoms with Gasteiger partial charge in [-0.25, -0.2) is 0 Å². The topological polar surface area (TPSA) is 12.0 Å². The van der Waals surface area contributed by atoms with Gasteiger partial charge < -0.3 is 5.32 Å². The standard InChI is InChI=1S/C17H17N/c1-13-16-10-6-5-7-14(16)11-12-17(13)18-15-8-3-2-4-9-15/h3,5-12,18H,2,4H2,1H3. The highest BCUT2D eigenvalue weighted by molar-refractivity contribution is 5.90. The van der Waals surface area contributed by atoms with Gasteiger partial charge in [-0.2, -0.15) is 0 Å². The summed E-state index contributed by atoms with van der Waals surface area (Å²) in [5.74, 6) is 0. The normalized spacial score (nSPS) is 14.6. The van der Waals surface area contributed by atoms with Crippen LogP contribution in [0.25, 0.3) is 10.8 Å². The van der Waals surface area contributed by atoms with Crippen LogP contribution in [-0.4, -0.2) is 0 Å². The van der Waals surface area contributed by atoms with Crippen LogP contribution in [0.15, 0.2) is 60.3 Å². The second-order valence-corrected chi connectivity index (χ2v) is 4.72. The Kier molecular flexibility index (Phi) is 2.89. The van der Waals surface area contributed by atoms with Crippen molar-refractivity contribution in [3.63, 3.8) is 0 Å². The summed E-state index contributed by atoms with van der Waals surface area (Å²) >= 11 is 0. The van der Waals surface area contributed by atoms with Crippen molar-refractivity contribution in [1.29, 1.82) is 0 Å². The lowest BCUT2D eigenvalue weighted by Gasteiger charge is -2.14. The van der Waals surface area contributed by atoms with Crippen molar-refractivity contribution in [3.05, 3.63) is 65.9 Å². The van der Waals surface area contributed by atoms with Crippen LogP contribution >= 0.6 is 0 Å². The minimum Gasteiger partial charge on any atom is -0.356 e. The Labute approximate surface area is 108 Å². The van der Waals surface area contributed by atoms with Crippen LogP contribution in [0.5, 0.6) is 0 Å². The van der Waals surface area contributed by atoms with Crippen molar-refractivity contribution in [2.75, 3.05) is 5.32 Å². The highest BCUT2D eigenvalue weighted by atomic mass is 14.9. The lowest BCUT2D eigenvalue weighted by atomic mass is 10.0. The van der Waals surface area contributed by atoms with E-state index in [-0.39, 0.29) is 0 Å². The van der Waals surface area contributed by atoms with Gasteiger partial charge in [-0.1, -0.05) is 42.5 Å². The molecule has 0 aliphatic heterocycles. The zero-order valence-electron chi connectivity index (χ0n) is 10.6. The Balaban J connectivity index is 2.00. The van der Waals surface area contributed by atoms with Crippen LogP contribution in [0.1, 0.15) is 18.4 Å². The zero-order chi connectivity index (χ0) is 12.4. The van der Waals surface area contributed by atoms with Gasteiger partial charge in [0.05, 0.1) is 0 Å². The maximum Gasteiger partial charge on any atom is 0.0420 e. The molecule has 0 saturated carbocycles. The minimum absolute atomic E-state index is 1.13. The summed E-state index contributed by atoms with van der Waals surface area (Å²) in [5, 5.41) is 6.14. The van der Waals surface area contributed by atoms with Gasteiger partial charge in [-0.15, -0.1) is 0 Å². The highest BCUT2D eigenvalue weighted by Crippen LogP contribution is 2.26. The first kappa shape index (κ1) is 11.1. The van der Waals surface area contributed by atoms with E-state index in [9.17, 15) is 0 Å². The van der Waals surface area contributed by atoms with Crippen molar-refractivity contribution < 1.29 is 0 Å². The fraction of sp³-hybridized carbons (Fsp3) is 0.176. The fourth-order valence-electron chi connectivity index (χ4n) is 2.42. The van der Waals surface area contributed by atoms with Crippen molar-refractivity contribution in [2.45, 2.75) is 19.8 Å². The van der Waals surface area contributed by atoms with Crippen LogP contribution in [0.3, 0.4) is 0 Å². The van der Waals surface area contributed by atoms with E-state index >= 15 is 0 Å². The van der Waals surface area contributed by atoms with Gasteiger partial charge in [-0.3, -0.25) is 0 Å². The molecular formula is C17H17N. The third-order valence-corrected chi connectivity index (χ3v) is 3.47. The lowest BCUT2D eigenvalue weighted by molar-refractivity contribution is 1.02. The molecule has 1 nitrogen and oxygen atoms in total. The predicted molar refractivity (Wildman–Crippen MR) is 78.8 cm³/mol. The Morgan fingerprint density at radius 3 is 2.72 bits per heavy atom. The van der Waals surface area contributed by atoms with Crippen LogP contribution < -0.4 is 5.32 Å². The molecule has 1 aliphatic carbocycles. The fourth-order valence-corrected chi connectivity index (χ4v) is 2.42. The van der Waals surface area contributed by atoms with E-state index < -0.39 is 0 Å². The zero-order valence-corrected chi connectivity index (χ0v) is 10.6. The van der Waals surface area contributed by atoms with E-state index in [4.69, 9.17) is 0 Å². The average Bonchev–Trinajstić information content (AvgIpc) is 2.43. The number of aryl methyl sites for hydroxylation is 1. The molecule has 0 fully saturated rings. The lowest BCUT2D eigenvalue weighted by Crippen LogP contribution is -2.01. The van der Waals surface area contributed by atoms with Gasteiger partial charge in [0, 0.05) is 11.4 Å². The van der Waals surface area contributed by atoms with Gasteiger partial charge in [0.2, 0.25) is 0 Å². The molecule has 1 heteroatoms. The quantitative estimate of drug-likeness (QED) is 0.788. The number of hydrogen-bond donors (Lipinski definition) is 1. The number of benzene rings is 2. The molecule has 0 atom stereocenters. The molecule has 0 heterocycles. The second-order valence-electron chi connectivity index (χ2n) is 4.72. The molecule has 0 spiro atoms. The molecular weight excluding hydrogens is 218 g/mol. The van der Waals surface area contributed by atoms with Crippen LogP contribution in [0.2, 0.25) is 0 Å². The SMILES string of the molecule is Cc1c(NC2=CCCC=C2)ccc2ccccc12. The maximum atomic E-state index is 3.52. The van der Waals surface area contributed by atoms with Gasteiger partial charge in [-0.05, 0) is 48.2 Å². The van der Waals surface area contributed by atoms with Crippen molar-refractivity contribution in [3.8, 4) is 0 Å². The predicted octanol–water partition coefficient (Wildman–Crippen LogP) is 4.79. The summed E-state index contributed by atoms with van der Waals surface area (Å²) in [5.41, 5.74) is 3.72. The smallest absolute Gasteiger partial charge is 0.0420 e. The van der Waals surface area contributed by atoms with Crippen molar-refractivity contribution >= 4 is 16.5 Å². The number of allylic oxidation sites excluding steroid dienone is 3. The van der Waals surface area contributed by atoms with Crippen LogP contribution in [0.4, 0.5) is 5.69 Å². The first-order valence-corrected chi connectivity index (χ1v) is 6.47. The Morgan fingerprint density at radius 2 is 1.89 bits per heavy atom.